The number of amides is 1. The number of esters is 1. The summed E-state index contributed by atoms with van der Waals surface area (Å²) in [6, 6.07) is 4.24. The van der Waals surface area contributed by atoms with E-state index in [1.54, 1.807) is 25.7 Å². The van der Waals surface area contributed by atoms with Gasteiger partial charge in [-0.15, -0.1) is 0 Å². The van der Waals surface area contributed by atoms with Gasteiger partial charge in [0.15, 0.2) is 0 Å². The number of nitrogens with one attached hydrogen (secondary N) is 1. The highest BCUT2D eigenvalue weighted by Crippen LogP contribution is 2.18. The highest BCUT2D eigenvalue weighted by molar-refractivity contribution is 5.94. The summed E-state index contributed by atoms with van der Waals surface area (Å²) >= 11 is 0. The second-order valence-electron chi connectivity index (χ2n) is 6.68. The van der Waals surface area contributed by atoms with Crippen LogP contribution >= 0.6 is 0 Å². The second kappa shape index (κ2) is 7.08. The first kappa shape index (κ1) is 17.4. The number of benzene rings is 1. The number of carbonyl (C=O) groups is 2. The van der Waals surface area contributed by atoms with Crippen LogP contribution in [0.25, 0.3) is 0 Å². The fourth-order valence-corrected chi connectivity index (χ4v) is 2.23. The maximum atomic E-state index is 14.0. The lowest BCUT2D eigenvalue weighted by atomic mass is 9.97. The van der Waals surface area contributed by atoms with Crippen molar-refractivity contribution in [3.63, 3.8) is 0 Å². The summed E-state index contributed by atoms with van der Waals surface area (Å²) in [4.78, 5) is 25.8. The van der Waals surface area contributed by atoms with Crippen molar-refractivity contribution in [2.75, 3.05) is 26.2 Å². The van der Waals surface area contributed by atoms with Gasteiger partial charge in [0.2, 0.25) is 0 Å². The molecule has 0 saturated carbocycles. The number of halogens is 1. The number of nitrogens with zero attached hydrogens (tertiary/aromatic N) is 1. The van der Waals surface area contributed by atoms with E-state index in [0.29, 0.717) is 31.7 Å². The fourth-order valence-electron chi connectivity index (χ4n) is 2.23. The Labute approximate surface area is 135 Å². The minimum atomic E-state index is -0.598. The lowest BCUT2D eigenvalue weighted by molar-refractivity contribution is -0.154. The number of hydrogen-bond donors (Lipinski definition) is 1. The number of piperazine rings is 1. The van der Waals surface area contributed by atoms with E-state index < -0.39 is 11.2 Å². The maximum absolute atomic E-state index is 14.0. The standard InChI is InChI=1S/C17H23FN2O3/c1-17(2,3)16(22)23-11-12-4-5-14(18)13(10-12)15(21)20-8-6-19-7-9-20/h4-5,10,19H,6-9,11H2,1-3H3. The van der Waals surface area contributed by atoms with Gasteiger partial charge in [-0.05, 0) is 38.5 Å². The molecule has 1 aromatic carbocycles. The summed E-state index contributed by atoms with van der Waals surface area (Å²) in [7, 11) is 0. The predicted molar refractivity (Wildman–Crippen MR) is 84.4 cm³/mol. The van der Waals surface area contributed by atoms with Crippen LogP contribution < -0.4 is 5.32 Å². The zero-order valence-corrected chi connectivity index (χ0v) is 13.8. The summed E-state index contributed by atoms with van der Waals surface area (Å²) in [5.74, 6) is -1.22. The number of rotatable bonds is 3. The Hall–Kier alpha value is -1.95. The highest BCUT2D eigenvalue weighted by Gasteiger charge is 2.24. The van der Waals surface area contributed by atoms with Gasteiger partial charge in [-0.3, -0.25) is 9.59 Å². The molecule has 1 saturated heterocycles. The molecule has 5 nitrogen and oxygen atoms in total. The van der Waals surface area contributed by atoms with E-state index in [-0.39, 0.29) is 24.0 Å². The quantitative estimate of drug-likeness (QED) is 0.864. The third kappa shape index (κ3) is 4.51. The highest BCUT2D eigenvalue weighted by atomic mass is 19.1. The van der Waals surface area contributed by atoms with Gasteiger partial charge >= 0.3 is 5.97 Å². The Morgan fingerprint density at radius 1 is 1.26 bits per heavy atom. The van der Waals surface area contributed by atoms with E-state index >= 15 is 0 Å². The first-order valence-electron chi connectivity index (χ1n) is 7.74. The lowest BCUT2D eigenvalue weighted by Crippen LogP contribution is -2.46. The molecule has 1 heterocycles. The summed E-state index contributed by atoms with van der Waals surface area (Å²) in [6.07, 6.45) is 0. The van der Waals surface area contributed by atoms with Crippen LogP contribution in [0.3, 0.4) is 0 Å². The summed E-state index contributed by atoms with van der Waals surface area (Å²) < 4.78 is 19.2. The van der Waals surface area contributed by atoms with Gasteiger partial charge < -0.3 is 15.0 Å². The van der Waals surface area contributed by atoms with Crippen LogP contribution in [0, 0.1) is 11.2 Å². The molecule has 23 heavy (non-hydrogen) atoms. The van der Waals surface area contributed by atoms with E-state index in [1.807, 2.05) is 0 Å². The van der Waals surface area contributed by atoms with E-state index in [0.717, 1.165) is 0 Å². The van der Waals surface area contributed by atoms with Crippen LogP contribution in [-0.4, -0.2) is 43.0 Å². The fraction of sp³-hybridized carbons (Fsp3) is 0.529. The van der Waals surface area contributed by atoms with Crippen LogP contribution in [-0.2, 0) is 16.1 Å². The largest absolute Gasteiger partial charge is 0.460 e. The van der Waals surface area contributed by atoms with Crippen LogP contribution in [0.2, 0.25) is 0 Å². The van der Waals surface area contributed by atoms with Gasteiger partial charge in [0.05, 0.1) is 11.0 Å². The summed E-state index contributed by atoms with van der Waals surface area (Å²) in [5, 5.41) is 3.15. The molecule has 0 aromatic heterocycles. The Morgan fingerprint density at radius 2 is 1.91 bits per heavy atom. The number of hydrogen-bond acceptors (Lipinski definition) is 4. The lowest BCUT2D eigenvalue weighted by Gasteiger charge is -2.27. The first-order chi connectivity index (χ1) is 10.8. The normalized spacial score (nSPS) is 15.4. The van der Waals surface area contributed by atoms with Crippen molar-refractivity contribution in [1.82, 2.24) is 10.2 Å². The third-order valence-electron chi connectivity index (χ3n) is 3.65. The van der Waals surface area contributed by atoms with Crippen molar-refractivity contribution in [3.05, 3.63) is 35.1 Å². The molecule has 0 bridgehead atoms. The van der Waals surface area contributed by atoms with Crippen LogP contribution in [0.4, 0.5) is 4.39 Å². The molecular weight excluding hydrogens is 299 g/mol. The van der Waals surface area contributed by atoms with E-state index in [1.165, 1.54) is 18.2 Å². The van der Waals surface area contributed by atoms with Gasteiger partial charge in [0, 0.05) is 26.2 Å². The van der Waals surface area contributed by atoms with E-state index in [4.69, 9.17) is 4.74 Å². The predicted octanol–water partition coefficient (Wildman–Crippen LogP) is 1.96. The molecule has 6 heteroatoms. The molecule has 1 amide bonds. The van der Waals surface area contributed by atoms with Crippen LogP contribution in [0.15, 0.2) is 18.2 Å². The molecule has 2 rings (SSSR count). The molecule has 1 fully saturated rings. The van der Waals surface area contributed by atoms with E-state index in [2.05, 4.69) is 5.32 Å². The van der Waals surface area contributed by atoms with Crippen molar-refractivity contribution in [2.45, 2.75) is 27.4 Å². The molecule has 0 radical (unpaired) electrons. The average Bonchev–Trinajstić information content (AvgIpc) is 2.53. The Kier molecular flexibility index (Phi) is 5.36. The minimum absolute atomic E-state index is 0.0243. The Balaban J connectivity index is 2.09. The second-order valence-corrected chi connectivity index (χ2v) is 6.68. The van der Waals surface area contributed by atoms with Gasteiger partial charge in [-0.25, -0.2) is 4.39 Å². The van der Waals surface area contributed by atoms with Crippen molar-refractivity contribution in [1.29, 1.82) is 0 Å². The van der Waals surface area contributed by atoms with Gasteiger partial charge in [0.25, 0.3) is 5.91 Å². The van der Waals surface area contributed by atoms with Crippen LogP contribution in [0.5, 0.6) is 0 Å². The molecule has 0 spiro atoms. The number of carbonyl (C=O) groups excluding carboxylic acids is 2. The van der Waals surface area contributed by atoms with Crippen molar-refractivity contribution >= 4 is 11.9 Å². The zero-order valence-electron chi connectivity index (χ0n) is 13.8. The summed E-state index contributed by atoms with van der Waals surface area (Å²) in [6.45, 7) is 7.84. The molecule has 0 aliphatic carbocycles. The SMILES string of the molecule is CC(C)(C)C(=O)OCc1ccc(F)c(C(=O)N2CCNCC2)c1. The summed E-state index contributed by atoms with van der Waals surface area (Å²) in [5.41, 5.74) is 0.0261. The minimum Gasteiger partial charge on any atom is -0.460 e. The molecule has 1 aliphatic rings. The number of ether oxygens (including phenoxy) is 1. The first-order valence-corrected chi connectivity index (χ1v) is 7.74. The molecule has 0 atom stereocenters. The van der Waals surface area contributed by atoms with Crippen LogP contribution in [0.1, 0.15) is 36.7 Å². The Morgan fingerprint density at radius 3 is 2.52 bits per heavy atom. The van der Waals surface area contributed by atoms with Gasteiger partial charge in [0.1, 0.15) is 12.4 Å². The van der Waals surface area contributed by atoms with Gasteiger partial charge in [-0.2, -0.15) is 0 Å². The maximum Gasteiger partial charge on any atom is 0.311 e. The van der Waals surface area contributed by atoms with Crippen molar-refractivity contribution < 1.29 is 18.7 Å². The zero-order chi connectivity index (χ0) is 17.0. The van der Waals surface area contributed by atoms with Crippen molar-refractivity contribution in [3.8, 4) is 0 Å². The Bertz CT molecular complexity index is 590. The molecule has 1 aromatic rings. The van der Waals surface area contributed by atoms with E-state index in [9.17, 15) is 14.0 Å². The molecule has 1 aliphatic heterocycles. The molecule has 126 valence electrons. The van der Waals surface area contributed by atoms with Gasteiger partial charge in [-0.1, -0.05) is 6.07 Å². The molecular formula is C17H23FN2O3. The monoisotopic (exact) mass is 322 g/mol. The average molecular weight is 322 g/mol. The smallest absolute Gasteiger partial charge is 0.311 e. The van der Waals surface area contributed by atoms with Crippen molar-refractivity contribution in [2.24, 2.45) is 5.41 Å². The topological polar surface area (TPSA) is 58.6 Å². The molecule has 1 N–H and O–H groups in total. The molecule has 0 unspecified atom stereocenters. The third-order valence-corrected chi connectivity index (χ3v) is 3.65.